The van der Waals surface area contributed by atoms with Crippen molar-refractivity contribution in [2.45, 2.75) is 17.1 Å². The second-order valence-electron chi connectivity index (χ2n) is 4.17. The van der Waals surface area contributed by atoms with Crippen LogP contribution in [0, 0.1) is 6.92 Å². The van der Waals surface area contributed by atoms with E-state index in [-0.39, 0.29) is 5.75 Å². The maximum atomic E-state index is 9.31. The first-order valence-electron chi connectivity index (χ1n) is 5.91. The number of aryl methyl sites for hydroxylation is 1. The number of phenols is 1. The predicted octanol–water partition coefficient (Wildman–Crippen LogP) is 2.22. The van der Waals surface area contributed by atoms with Crippen LogP contribution in [0.2, 0.25) is 0 Å². The van der Waals surface area contributed by atoms with E-state index in [1.54, 1.807) is 35.1 Å². The fourth-order valence-corrected chi connectivity index (χ4v) is 2.34. The number of hydrogen-bond acceptors (Lipinski definition) is 6. The van der Waals surface area contributed by atoms with Gasteiger partial charge in [-0.2, -0.15) is 4.68 Å². The lowest BCUT2D eigenvalue weighted by Crippen LogP contribution is -1.98. The Morgan fingerprint density at radius 3 is 2.60 bits per heavy atom. The highest BCUT2D eigenvalue weighted by Gasteiger charge is 2.10. The zero-order valence-corrected chi connectivity index (χ0v) is 11.4. The van der Waals surface area contributed by atoms with E-state index in [4.69, 9.17) is 0 Å². The third kappa shape index (κ3) is 2.62. The molecule has 2 heterocycles. The number of aromatic hydroxyl groups is 1. The van der Waals surface area contributed by atoms with Crippen LogP contribution in [0.1, 0.15) is 5.56 Å². The van der Waals surface area contributed by atoms with Gasteiger partial charge in [0.25, 0.3) is 0 Å². The topological polar surface area (TPSA) is 76.7 Å². The molecule has 0 amide bonds. The van der Waals surface area contributed by atoms with Crippen molar-refractivity contribution in [2.24, 2.45) is 0 Å². The zero-order valence-electron chi connectivity index (χ0n) is 10.6. The third-order valence-corrected chi connectivity index (χ3v) is 3.50. The number of rotatable bonds is 3. The smallest absolute Gasteiger partial charge is 0.220 e. The molecule has 3 aromatic rings. The highest BCUT2D eigenvalue weighted by Crippen LogP contribution is 2.25. The Morgan fingerprint density at radius 1 is 1.10 bits per heavy atom. The minimum atomic E-state index is 0.205. The minimum Gasteiger partial charge on any atom is -0.508 e. The summed E-state index contributed by atoms with van der Waals surface area (Å²) < 4.78 is 1.60. The second-order valence-corrected chi connectivity index (χ2v) is 5.15. The van der Waals surface area contributed by atoms with Crippen LogP contribution in [0.15, 0.2) is 52.8 Å². The van der Waals surface area contributed by atoms with Gasteiger partial charge in [0.1, 0.15) is 10.8 Å². The van der Waals surface area contributed by atoms with Crippen molar-refractivity contribution in [1.82, 2.24) is 25.2 Å². The highest BCUT2D eigenvalue weighted by molar-refractivity contribution is 7.99. The van der Waals surface area contributed by atoms with Gasteiger partial charge in [-0.05, 0) is 65.0 Å². The van der Waals surface area contributed by atoms with Crippen LogP contribution in [0.25, 0.3) is 5.69 Å². The van der Waals surface area contributed by atoms with Crippen molar-refractivity contribution in [3.8, 4) is 11.4 Å². The summed E-state index contributed by atoms with van der Waals surface area (Å²) in [6.07, 6.45) is 1.80. The maximum Gasteiger partial charge on any atom is 0.220 e. The van der Waals surface area contributed by atoms with Crippen LogP contribution in [-0.2, 0) is 0 Å². The molecule has 0 spiro atoms. The Balaban J connectivity index is 1.90. The van der Waals surface area contributed by atoms with Crippen molar-refractivity contribution in [2.75, 3.05) is 0 Å². The molecule has 0 fully saturated rings. The number of phenolic OH excluding ortho intramolecular Hbond substituents is 1. The molecule has 7 heteroatoms. The fraction of sp³-hybridized carbons (Fsp3) is 0.0769. The zero-order chi connectivity index (χ0) is 13.9. The molecule has 0 unspecified atom stereocenters. The first kappa shape index (κ1) is 12.6. The summed E-state index contributed by atoms with van der Waals surface area (Å²) in [6.45, 7) is 1.99. The van der Waals surface area contributed by atoms with Gasteiger partial charge >= 0.3 is 0 Å². The van der Waals surface area contributed by atoms with Gasteiger partial charge in [-0.1, -0.05) is 6.07 Å². The van der Waals surface area contributed by atoms with Gasteiger partial charge in [-0.3, -0.25) is 0 Å². The Labute approximate surface area is 119 Å². The molecule has 0 atom stereocenters. The van der Waals surface area contributed by atoms with E-state index in [1.807, 2.05) is 19.1 Å². The van der Waals surface area contributed by atoms with Crippen molar-refractivity contribution in [3.63, 3.8) is 0 Å². The summed E-state index contributed by atoms with van der Waals surface area (Å²) in [6, 6.07) is 10.6. The highest BCUT2D eigenvalue weighted by atomic mass is 32.2. The number of tetrazole rings is 1. The summed E-state index contributed by atoms with van der Waals surface area (Å²) in [4.78, 5) is 4.32. The van der Waals surface area contributed by atoms with Gasteiger partial charge in [-0.25, -0.2) is 4.98 Å². The Hall–Kier alpha value is -2.41. The van der Waals surface area contributed by atoms with Crippen LogP contribution < -0.4 is 0 Å². The molecule has 1 N–H and O–H groups in total. The molecule has 0 aliphatic carbocycles. The van der Waals surface area contributed by atoms with E-state index in [0.717, 1.165) is 16.3 Å². The quantitative estimate of drug-likeness (QED) is 0.795. The molecule has 0 saturated heterocycles. The van der Waals surface area contributed by atoms with E-state index in [0.29, 0.717) is 5.16 Å². The van der Waals surface area contributed by atoms with Gasteiger partial charge < -0.3 is 5.11 Å². The van der Waals surface area contributed by atoms with E-state index < -0.39 is 0 Å². The molecule has 2 aromatic heterocycles. The average molecular weight is 285 g/mol. The van der Waals surface area contributed by atoms with Crippen molar-refractivity contribution < 1.29 is 5.11 Å². The molecule has 1 aromatic carbocycles. The molecule has 6 nitrogen and oxygen atoms in total. The van der Waals surface area contributed by atoms with Gasteiger partial charge in [0.2, 0.25) is 5.16 Å². The predicted molar refractivity (Wildman–Crippen MR) is 73.9 cm³/mol. The van der Waals surface area contributed by atoms with Crippen molar-refractivity contribution >= 4 is 11.8 Å². The molecule has 20 heavy (non-hydrogen) atoms. The lowest BCUT2D eigenvalue weighted by atomic mass is 10.3. The van der Waals surface area contributed by atoms with Crippen LogP contribution in [-0.4, -0.2) is 30.3 Å². The number of aromatic nitrogens is 5. The summed E-state index contributed by atoms with van der Waals surface area (Å²) >= 11 is 1.38. The van der Waals surface area contributed by atoms with Crippen LogP contribution in [0.3, 0.4) is 0 Å². The van der Waals surface area contributed by atoms with E-state index in [9.17, 15) is 5.11 Å². The molecular formula is C13H11N5OS. The number of pyridine rings is 1. The summed E-state index contributed by atoms with van der Waals surface area (Å²) in [5.74, 6) is 0.205. The molecule has 0 bridgehead atoms. The van der Waals surface area contributed by atoms with Gasteiger partial charge in [0.05, 0.1) is 5.69 Å². The monoisotopic (exact) mass is 285 g/mol. The van der Waals surface area contributed by atoms with Crippen LogP contribution in [0.4, 0.5) is 0 Å². The molecule has 0 aliphatic heterocycles. The average Bonchev–Trinajstić information content (AvgIpc) is 2.90. The Kier molecular flexibility index (Phi) is 3.34. The van der Waals surface area contributed by atoms with Gasteiger partial charge in [0.15, 0.2) is 0 Å². The second kappa shape index (κ2) is 5.30. The SMILES string of the molecule is Cc1ccc(Sc2nnnn2-c2ccc(O)cc2)nc1. The number of benzene rings is 1. The van der Waals surface area contributed by atoms with Crippen molar-refractivity contribution in [1.29, 1.82) is 0 Å². The van der Waals surface area contributed by atoms with Crippen molar-refractivity contribution in [3.05, 3.63) is 48.2 Å². The summed E-state index contributed by atoms with van der Waals surface area (Å²) in [5, 5.41) is 22.4. The standard InChI is InChI=1S/C13H11N5OS/c1-9-2-7-12(14-8-9)20-13-15-16-17-18(13)10-3-5-11(19)6-4-10/h2-8,19H,1H3. The molecular weight excluding hydrogens is 274 g/mol. The van der Waals surface area contributed by atoms with E-state index in [2.05, 4.69) is 20.5 Å². The lowest BCUT2D eigenvalue weighted by molar-refractivity contribution is 0.475. The number of nitrogens with zero attached hydrogens (tertiary/aromatic N) is 5. The first-order chi connectivity index (χ1) is 9.72. The molecule has 0 aliphatic rings. The molecule has 0 radical (unpaired) electrons. The maximum absolute atomic E-state index is 9.31. The van der Waals surface area contributed by atoms with E-state index in [1.165, 1.54) is 11.8 Å². The van der Waals surface area contributed by atoms with E-state index >= 15 is 0 Å². The largest absolute Gasteiger partial charge is 0.508 e. The normalized spacial score (nSPS) is 10.7. The molecule has 0 saturated carbocycles. The first-order valence-corrected chi connectivity index (χ1v) is 6.72. The van der Waals surface area contributed by atoms with Crippen LogP contribution >= 0.6 is 11.8 Å². The van der Waals surface area contributed by atoms with Gasteiger partial charge in [0, 0.05) is 6.20 Å². The Bertz CT molecular complexity index is 708. The van der Waals surface area contributed by atoms with Gasteiger partial charge in [-0.15, -0.1) is 5.10 Å². The van der Waals surface area contributed by atoms with Crippen LogP contribution in [0.5, 0.6) is 5.75 Å². The minimum absolute atomic E-state index is 0.205. The summed E-state index contributed by atoms with van der Waals surface area (Å²) in [7, 11) is 0. The third-order valence-electron chi connectivity index (χ3n) is 2.62. The molecule has 100 valence electrons. The summed E-state index contributed by atoms with van der Waals surface area (Å²) in [5.41, 5.74) is 1.88. The lowest BCUT2D eigenvalue weighted by Gasteiger charge is -2.04. The Morgan fingerprint density at radius 2 is 1.90 bits per heavy atom. The number of hydrogen-bond donors (Lipinski definition) is 1. The molecule has 3 rings (SSSR count). The fourth-order valence-electron chi connectivity index (χ4n) is 1.61.